The van der Waals surface area contributed by atoms with Crippen LogP contribution in [0, 0.1) is 6.92 Å². The van der Waals surface area contributed by atoms with Crippen molar-refractivity contribution >= 4 is 16.9 Å². The van der Waals surface area contributed by atoms with E-state index in [1.54, 1.807) is 14.1 Å². The van der Waals surface area contributed by atoms with Gasteiger partial charge in [-0.2, -0.15) is 0 Å². The number of aromatic nitrogens is 2. The normalized spacial score (nSPS) is 10.7. The van der Waals surface area contributed by atoms with E-state index >= 15 is 0 Å². The highest BCUT2D eigenvalue weighted by Crippen LogP contribution is 2.31. The standard InChI is InChI=1S/C16H15N3O3/c1-10-7-11-13(21-10)5-4-6-14(11)22-15-9-17-12(8-18-15)16(20)19(2)3/h4-9H,1-3H3. The van der Waals surface area contributed by atoms with Crippen molar-refractivity contribution in [3.63, 3.8) is 0 Å². The van der Waals surface area contributed by atoms with Gasteiger partial charge in [-0.25, -0.2) is 9.97 Å². The summed E-state index contributed by atoms with van der Waals surface area (Å²) in [7, 11) is 3.33. The third kappa shape index (κ3) is 2.63. The molecule has 0 unspecified atom stereocenters. The van der Waals surface area contributed by atoms with Crippen molar-refractivity contribution in [1.82, 2.24) is 14.9 Å². The molecule has 0 saturated carbocycles. The lowest BCUT2D eigenvalue weighted by Gasteiger charge is -2.09. The Balaban J connectivity index is 1.87. The van der Waals surface area contributed by atoms with Crippen molar-refractivity contribution < 1.29 is 13.9 Å². The maximum absolute atomic E-state index is 11.8. The molecule has 0 radical (unpaired) electrons. The third-order valence-electron chi connectivity index (χ3n) is 3.11. The van der Waals surface area contributed by atoms with Crippen LogP contribution < -0.4 is 4.74 Å². The van der Waals surface area contributed by atoms with Crippen LogP contribution >= 0.6 is 0 Å². The smallest absolute Gasteiger partial charge is 0.273 e. The molecule has 1 amide bonds. The Bertz CT molecular complexity index is 822. The Hall–Kier alpha value is -2.89. The average molecular weight is 297 g/mol. The SMILES string of the molecule is Cc1cc2c(Oc3cnc(C(=O)N(C)C)cn3)cccc2o1. The minimum Gasteiger partial charge on any atom is -0.461 e. The summed E-state index contributed by atoms with van der Waals surface area (Å²) in [6.45, 7) is 1.88. The van der Waals surface area contributed by atoms with E-state index in [2.05, 4.69) is 9.97 Å². The fourth-order valence-corrected chi connectivity index (χ4v) is 2.07. The van der Waals surface area contributed by atoms with Gasteiger partial charge < -0.3 is 14.1 Å². The summed E-state index contributed by atoms with van der Waals surface area (Å²) in [5.74, 6) is 1.56. The number of furan rings is 1. The molecule has 6 heteroatoms. The Morgan fingerprint density at radius 3 is 2.73 bits per heavy atom. The Morgan fingerprint density at radius 2 is 2.05 bits per heavy atom. The molecule has 22 heavy (non-hydrogen) atoms. The molecular weight excluding hydrogens is 282 g/mol. The second kappa shape index (κ2) is 5.48. The van der Waals surface area contributed by atoms with Crippen molar-refractivity contribution in [2.75, 3.05) is 14.1 Å². The van der Waals surface area contributed by atoms with E-state index in [-0.39, 0.29) is 11.6 Å². The van der Waals surface area contributed by atoms with Crippen molar-refractivity contribution in [3.05, 3.63) is 48.1 Å². The monoisotopic (exact) mass is 297 g/mol. The zero-order valence-electron chi connectivity index (χ0n) is 12.5. The summed E-state index contributed by atoms with van der Waals surface area (Å²) in [5.41, 5.74) is 1.03. The summed E-state index contributed by atoms with van der Waals surface area (Å²) in [6.07, 6.45) is 2.83. The number of hydrogen-bond donors (Lipinski definition) is 0. The number of aryl methyl sites for hydroxylation is 1. The maximum atomic E-state index is 11.8. The largest absolute Gasteiger partial charge is 0.461 e. The fourth-order valence-electron chi connectivity index (χ4n) is 2.07. The molecule has 112 valence electrons. The second-order valence-corrected chi connectivity index (χ2v) is 5.07. The van der Waals surface area contributed by atoms with E-state index in [4.69, 9.17) is 9.15 Å². The van der Waals surface area contributed by atoms with E-state index in [1.807, 2.05) is 31.2 Å². The van der Waals surface area contributed by atoms with Gasteiger partial charge in [0, 0.05) is 14.1 Å². The fraction of sp³-hybridized carbons (Fsp3) is 0.188. The molecule has 2 heterocycles. The van der Waals surface area contributed by atoms with Crippen molar-refractivity contribution in [3.8, 4) is 11.6 Å². The summed E-state index contributed by atoms with van der Waals surface area (Å²) in [4.78, 5) is 21.4. The predicted octanol–water partition coefficient (Wildman–Crippen LogP) is 3.03. The quantitative estimate of drug-likeness (QED) is 0.743. The third-order valence-corrected chi connectivity index (χ3v) is 3.11. The molecule has 6 nitrogen and oxygen atoms in total. The van der Waals surface area contributed by atoms with E-state index in [1.165, 1.54) is 17.3 Å². The van der Waals surface area contributed by atoms with Crippen LogP contribution in [-0.2, 0) is 0 Å². The predicted molar refractivity (Wildman–Crippen MR) is 81.1 cm³/mol. The van der Waals surface area contributed by atoms with Gasteiger partial charge in [-0.15, -0.1) is 0 Å². The van der Waals surface area contributed by atoms with Crippen LogP contribution in [0.2, 0.25) is 0 Å². The summed E-state index contributed by atoms with van der Waals surface area (Å²) in [6, 6.07) is 7.46. The lowest BCUT2D eigenvalue weighted by Crippen LogP contribution is -2.22. The average Bonchev–Trinajstić information content (AvgIpc) is 2.88. The summed E-state index contributed by atoms with van der Waals surface area (Å²) in [5, 5.41) is 0.871. The van der Waals surface area contributed by atoms with Crippen LogP contribution in [0.4, 0.5) is 0 Å². The van der Waals surface area contributed by atoms with Crippen LogP contribution in [0.5, 0.6) is 11.6 Å². The highest BCUT2D eigenvalue weighted by atomic mass is 16.5. The molecular formula is C16H15N3O3. The van der Waals surface area contributed by atoms with Crippen LogP contribution in [0.25, 0.3) is 11.0 Å². The molecule has 0 spiro atoms. The number of benzene rings is 1. The zero-order chi connectivity index (χ0) is 15.7. The first-order valence-electron chi connectivity index (χ1n) is 6.75. The Kier molecular flexibility index (Phi) is 3.50. The van der Waals surface area contributed by atoms with Crippen LogP contribution in [-0.4, -0.2) is 34.9 Å². The van der Waals surface area contributed by atoms with Gasteiger partial charge in [0.1, 0.15) is 22.8 Å². The molecule has 0 atom stereocenters. The first-order chi connectivity index (χ1) is 10.5. The summed E-state index contributed by atoms with van der Waals surface area (Å²) >= 11 is 0. The lowest BCUT2D eigenvalue weighted by atomic mass is 10.2. The molecule has 2 aromatic heterocycles. The Labute approximate surface area is 127 Å². The van der Waals surface area contributed by atoms with Crippen LogP contribution in [0.15, 0.2) is 41.1 Å². The van der Waals surface area contributed by atoms with Gasteiger partial charge in [-0.3, -0.25) is 4.79 Å². The van der Waals surface area contributed by atoms with Gasteiger partial charge in [-0.05, 0) is 25.1 Å². The van der Waals surface area contributed by atoms with E-state index in [0.717, 1.165) is 16.7 Å². The molecule has 3 aromatic rings. The molecule has 0 fully saturated rings. The minimum atomic E-state index is -0.202. The number of ether oxygens (including phenoxy) is 1. The van der Waals surface area contributed by atoms with Gasteiger partial charge in [-0.1, -0.05) is 6.07 Å². The van der Waals surface area contributed by atoms with E-state index in [0.29, 0.717) is 11.6 Å². The highest BCUT2D eigenvalue weighted by Gasteiger charge is 2.12. The number of carbonyl (C=O) groups excluding carboxylic acids is 1. The topological polar surface area (TPSA) is 68.5 Å². The summed E-state index contributed by atoms with van der Waals surface area (Å²) < 4.78 is 11.3. The number of nitrogens with zero attached hydrogens (tertiary/aromatic N) is 3. The zero-order valence-corrected chi connectivity index (χ0v) is 12.5. The van der Waals surface area contributed by atoms with Crippen molar-refractivity contribution in [1.29, 1.82) is 0 Å². The number of carbonyl (C=O) groups is 1. The van der Waals surface area contributed by atoms with Crippen molar-refractivity contribution in [2.24, 2.45) is 0 Å². The lowest BCUT2D eigenvalue weighted by molar-refractivity contribution is 0.0821. The minimum absolute atomic E-state index is 0.202. The van der Waals surface area contributed by atoms with Gasteiger partial charge in [0.05, 0.1) is 17.8 Å². The van der Waals surface area contributed by atoms with Gasteiger partial charge in [0.15, 0.2) is 0 Å². The number of amides is 1. The van der Waals surface area contributed by atoms with E-state index in [9.17, 15) is 4.79 Å². The van der Waals surface area contributed by atoms with Gasteiger partial charge in [0.25, 0.3) is 5.91 Å². The van der Waals surface area contributed by atoms with Crippen molar-refractivity contribution in [2.45, 2.75) is 6.92 Å². The molecule has 0 aliphatic heterocycles. The number of rotatable bonds is 3. The van der Waals surface area contributed by atoms with Crippen LogP contribution in [0.3, 0.4) is 0 Å². The van der Waals surface area contributed by atoms with Gasteiger partial charge >= 0.3 is 0 Å². The van der Waals surface area contributed by atoms with Gasteiger partial charge in [0.2, 0.25) is 5.88 Å². The Morgan fingerprint density at radius 1 is 1.23 bits per heavy atom. The highest BCUT2D eigenvalue weighted by molar-refractivity contribution is 5.91. The first kappa shape index (κ1) is 14.1. The molecule has 1 aromatic carbocycles. The maximum Gasteiger partial charge on any atom is 0.273 e. The number of hydrogen-bond acceptors (Lipinski definition) is 5. The molecule has 0 N–H and O–H groups in total. The molecule has 0 bridgehead atoms. The molecule has 0 saturated heterocycles. The van der Waals surface area contributed by atoms with E-state index < -0.39 is 0 Å². The van der Waals surface area contributed by atoms with Crippen LogP contribution in [0.1, 0.15) is 16.2 Å². The first-order valence-corrected chi connectivity index (χ1v) is 6.75. The molecule has 0 aliphatic rings. The molecule has 0 aliphatic carbocycles. The number of fused-ring (bicyclic) bond motifs is 1. The molecule has 3 rings (SSSR count). The second-order valence-electron chi connectivity index (χ2n) is 5.07.